The Labute approximate surface area is 164 Å². The molecule has 2 aromatic heterocycles. The van der Waals surface area contributed by atoms with Gasteiger partial charge in [0.15, 0.2) is 0 Å². The normalized spacial score (nSPS) is 13.6. The van der Waals surface area contributed by atoms with Crippen LogP contribution in [0.2, 0.25) is 0 Å². The van der Waals surface area contributed by atoms with Gasteiger partial charge in [-0.15, -0.1) is 0 Å². The Bertz CT molecular complexity index is 1040. The van der Waals surface area contributed by atoms with Crippen molar-refractivity contribution in [3.63, 3.8) is 0 Å². The van der Waals surface area contributed by atoms with Crippen LogP contribution >= 0.6 is 0 Å². The van der Waals surface area contributed by atoms with Crippen LogP contribution in [-0.2, 0) is 0 Å². The molecule has 0 radical (unpaired) electrons. The molecule has 6 nitrogen and oxygen atoms in total. The van der Waals surface area contributed by atoms with Crippen molar-refractivity contribution in [3.8, 4) is 11.3 Å². The van der Waals surface area contributed by atoms with Crippen molar-refractivity contribution in [1.29, 1.82) is 0 Å². The average molecular weight is 372 g/mol. The van der Waals surface area contributed by atoms with Gasteiger partial charge >= 0.3 is 0 Å². The second-order valence-corrected chi connectivity index (χ2v) is 7.12. The first kappa shape index (κ1) is 18.1. The van der Waals surface area contributed by atoms with Crippen LogP contribution in [0.25, 0.3) is 17.0 Å². The van der Waals surface area contributed by atoms with E-state index in [9.17, 15) is 0 Å². The molecule has 0 bridgehead atoms. The minimum absolute atomic E-state index is 0.135. The standard InChI is InChI=1S/C22H24N6/c1-16(21(27(2)3)18-12-8-5-9-13-18)25-20-14-19(17-10-6-4-7-11-17)26-22-23-15-24-28(20)22/h4-16,21,25H,1-3H3. The van der Waals surface area contributed by atoms with Crippen LogP contribution in [-0.4, -0.2) is 44.6 Å². The Morgan fingerprint density at radius 3 is 2.32 bits per heavy atom. The van der Waals surface area contributed by atoms with Crippen LogP contribution in [0.3, 0.4) is 0 Å². The summed E-state index contributed by atoms with van der Waals surface area (Å²) < 4.78 is 1.75. The van der Waals surface area contributed by atoms with Crippen LogP contribution in [0, 0.1) is 0 Å². The number of benzene rings is 2. The van der Waals surface area contributed by atoms with E-state index < -0.39 is 0 Å². The van der Waals surface area contributed by atoms with Gasteiger partial charge in [0, 0.05) is 17.7 Å². The molecule has 4 aromatic rings. The molecule has 0 aliphatic rings. The average Bonchev–Trinajstić information content (AvgIpc) is 3.18. The number of nitrogens with one attached hydrogen (secondary N) is 1. The summed E-state index contributed by atoms with van der Waals surface area (Å²) in [6, 6.07) is 23.0. The Balaban J connectivity index is 1.71. The molecule has 2 heterocycles. The fourth-order valence-electron chi connectivity index (χ4n) is 3.67. The first-order valence-electron chi connectivity index (χ1n) is 9.37. The van der Waals surface area contributed by atoms with Crippen molar-refractivity contribution in [3.05, 3.63) is 78.6 Å². The summed E-state index contributed by atoms with van der Waals surface area (Å²) in [6.45, 7) is 2.18. The molecule has 28 heavy (non-hydrogen) atoms. The molecule has 2 unspecified atom stereocenters. The number of rotatable bonds is 6. The van der Waals surface area contributed by atoms with E-state index in [0.29, 0.717) is 5.78 Å². The topological polar surface area (TPSA) is 58.4 Å². The molecule has 0 saturated carbocycles. The molecule has 0 saturated heterocycles. The first-order chi connectivity index (χ1) is 13.6. The van der Waals surface area contributed by atoms with Crippen molar-refractivity contribution >= 4 is 11.6 Å². The number of anilines is 1. The number of hydrogen-bond acceptors (Lipinski definition) is 5. The van der Waals surface area contributed by atoms with Gasteiger partial charge in [0.25, 0.3) is 5.78 Å². The summed E-state index contributed by atoms with van der Waals surface area (Å²) in [4.78, 5) is 11.2. The molecule has 4 rings (SSSR count). The molecule has 0 fully saturated rings. The monoisotopic (exact) mass is 372 g/mol. The molecular weight excluding hydrogens is 348 g/mol. The number of aromatic nitrogens is 4. The van der Waals surface area contributed by atoms with Gasteiger partial charge in [-0.2, -0.15) is 14.6 Å². The summed E-state index contributed by atoms with van der Waals surface area (Å²) in [7, 11) is 4.20. The lowest BCUT2D eigenvalue weighted by molar-refractivity contribution is 0.275. The fourth-order valence-corrected chi connectivity index (χ4v) is 3.67. The van der Waals surface area contributed by atoms with Crippen LogP contribution < -0.4 is 5.32 Å². The Morgan fingerprint density at radius 2 is 1.64 bits per heavy atom. The lowest BCUT2D eigenvalue weighted by atomic mass is 9.99. The third-order valence-electron chi connectivity index (χ3n) is 4.87. The third-order valence-corrected chi connectivity index (χ3v) is 4.87. The largest absolute Gasteiger partial charge is 0.365 e. The highest BCUT2D eigenvalue weighted by molar-refractivity contribution is 5.65. The molecule has 2 atom stereocenters. The zero-order chi connectivity index (χ0) is 19.5. The quantitative estimate of drug-likeness (QED) is 0.556. The zero-order valence-corrected chi connectivity index (χ0v) is 16.3. The van der Waals surface area contributed by atoms with E-state index in [1.54, 1.807) is 4.52 Å². The molecular formula is C22H24N6. The molecule has 142 valence electrons. The smallest absolute Gasteiger partial charge is 0.254 e. The van der Waals surface area contributed by atoms with Crippen molar-refractivity contribution in [2.24, 2.45) is 0 Å². The SMILES string of the molecule is CC(Nc1cc(-c2ccccc2)nc2ncnn12)C(c1ccccc1)N(C)C. The summed E-state index contributed by atoms with van der Waals surface area (Å²) in [6.07, 6.45) is 1.54. The summed E-state index contributed by atoms with van der Waals surface area (Å²) in [5.41, 5.74) is 3.19. The number of fused-ring (bicyclic) bond motifs is 1. The van der Waals surface area contributed by atoms with E-state index in [2.05, 4.69) is 82.7 Å². The van der Waals surface area contributed by atoms with Gasteiger partial charge in [-0.1, -0.05) is 60.7 Å². The molecule has 0 spiro atoms. The van der Waals surface area contributed by atoms with Crippen LogP contribution in [0.1, 0.15) is 18.5 Å². The van der Waals surface area contributed by atoms with Crippen molar-refractivity contribution in [1.82, 2.24) is 24.5 Å². The van der Waals surface area contributed by atoms with Crippen LogP contribution in [0.4, 0.5) is 5.82 Å². The predicted molar refractivity (Wildman–Crippen MR) is 112 cm³/mol. The molecule has 6 heteroatoms. The molecule has 1 N–H and O–H groups in total. The van der Waals surface area contributed by atoms with E-state index >= 15 is 0 Å². The van der Waals surface area contributed by atoms with Crippen LogP contribution in [0.15, 0.2) is 73.1 Å². The van der Waals surface area contributed by atoms with E-state index in [-0.39, 0.29) is 12.1 Å². The maximum atomic E-state index is 4.65. The molecule has 0 amide bonds. The Morgan fingerprint density at radius 1 is 0.964 bits per heavy atom. The predicted octanol–water partition coefficient (Wildman–Crippen LogP) is 3.89. The Kier molecular flexibility index (Phi) is 5.04. The summed E-state index contributed by atoms with van der Waals surface area (Å²) in [5, 5.41) is 7.99. The van der Waals surface area contributed by atoms with Gasteiger partial charge in [0.1, 0.15) is 12.1 Å². The van der Waals surface area contributed by atoms with Gasteiger partial charge in [0.05, 0.1) is 11.7 Å². The van der Waals surface area contributed by atoms with E-state index in [1.165, 1.54) is 11.9 Å². The van der Waals surface area contributed by atoms with Crippen molar-refractivity contribution in [2.45, 2.75) is 19.0 Å². The van der Waals surface area contributed by atoms with E-state index in [4.69, 9.17) is 0 Å². The highest BCUT2D eigenvalue weighted by Crippen LogP contribution is 2.26. The number of likely N-dealkylation sites (N-methyl/N-ethyl adjacent to an activating group) is 1. The number of nitrogens with zero attached hydrogens (tertiary/aromatic N) is 5. The molecule has 0 aliphatic heterocycles. The highest BCUT2D eigenvalue weighted by Gasteiger charge is 2.22. The van der Waals surface area contributed by atoms with Crippen LogP contribution in [0.5, 0.6) is 0 Å². The van der Waals surface area contributed by atoms with Crippen molar-refractivity contribution in [2.75, 3.05) is 19.4 Å². The minimum atomic E-state index is 0.135. The second-order valence-electron chi connectivity index (χ2n) is 7.12. The lowest BCUT2D eigenvalue weighted by Crippen LogP contribution is -2.35. The van der Waals surface area contributed by atoms with Gasteiger partial charge in [-0.25, -0.2) is 4.98 Å². The van der Waals surface area contributed by atoms with Gasteiger partial charge < -0.3 is 10.2 Å². The van der Waals surface area contributed by atoms with Gasteiger partial charge in [-0.3, -0.25) is 0 Å². The molecule has 0 aliphatic carbocycles. The maximum absolute atomic E-state index is 4.65. The van der Waals surface area contributed by atoms with E-state index in [1.807, 2.05) is 30.3 Å². The lowest BCUT2D eigenvalue weighted by Gasteiger charge is -2.31. The molecule has 2 aromatic carbocycles. The zero-order valence-electron chi connectivity index (χ0n) is 16.3. The minimum Gasteiger partial charge on any atom is -0.365 e. The van der Waals surface area contributed by atoms with E-state index in [0.717, 1.165) is 17.1 Å². The third kappa shape index (κ3) is 3.59. The van der Waals surface area contributed by atoms with Gasteiger partial charge in [-0.05, 0) is 26.6 Å². The number of hydrogen-bond donors (Lipinski definition) is 1. The first-order valence-corrected chi connectivity index (χ1v) is 9.37. The fraction of sp³-hybridized carbons (Fsp3) is 0.227. The summed E-state index contributed by atoms with van der Waals surface area (Å²) in [5.74, 6) is 1.45. The van der Waals surface area contributed by atoms with Gasteiger partial charge in [0.2, 0.25) is 0 Å². The summed E-state index contributed by atoms with van der Waals surface area (Å²) >= 11 is 0. The highest BCUT2D eigenvalue weighted by atomic mass is 15.4. The maximum Gasteiger partial charge on any atom is 0.254 e. The van der Waals surface area contributed by atoms with Crippen molar-refractivity contribution < 1.29 is 0 Å². The Hall–Kier alpha value is -3.25. The second kappa shape index (κ2) is 7.78.